The number of phenolic OH excluding ortho intramolecular Hbond substituents is 3. The van der Waals surface area contributed by atoms with Crippen LogP contribution in [0.4, 0.5) is 0 Å². The van der Waals surface area contributed by atoms with Crippen molar-refractivity contribution in [2.75, 3.05) is 0 Å². The van der Waals surface area contributed by atoms with Crippen LogP contribution in [0.1, 0.15) is 27.0 Å². The first-order valence-corrected chi connectivity index (χ1v) is 6.43. The lowest BCUT2D eigenvalue weighted by atomic mass is 10.0. The Kier molecular flexibility index (Phi) is 3.98. The predicted molar refractivity (Wildman–Crippen MR) is 80.7 cm³/mol. The fourth-order valence-corrected chi connectivity index (χ4v) is 1.93. The first-order chi connectivity index (χ1) is 9.88. The summed E-state index contributed by atoms with van der Waals surface area (Å²) < 4.78 is 0. The highest BCUT2D eigenvalue weighted by Gasteiger charge is 2.10. The van der Waals surface area contributed by atoms with Gasteiger partial charge in [0.25, 0.3) is 0 Å². The van der Waals surface area contributed by atoms with E-state index in [4.69, 9.17) is 0 Å². The maximum Gasteiger partial charge on any atom is 0.189 e. The molecule has 0 aromatic heterocycles. The molecule has 0 spiro atoms. The van der Waals surface area contributed by atoms with E-state index in [9.17, 15) is 20.1 Å². The summed E-state index contributed by atoms with van der Waals surface area (Å²) in [5.41, 5.74) is 2.44. The summed E-state index contributed by atoms with van der Waals surface area (Å²) in [5.74, 6) is -0.600. The van der Waals surface area contributed by atoms with Gasteiger partial charge < -0.3 is 15.3 Å². The van der Waals surface area contributed by atoms with E-state index in [1.54, 1.807) is 12.1 Å². The molecule has 0 atom stereocenters. The van der Waals surface area contributed by atoms with Gasteiger partial charge in [-0.3, -0.25) is 4.79 Å². The van der Waals surface area contributed by atoms with Gasteiger partial charge >= 0.3 is 0 Å². The van der Waals surface area contributed by atoms with Gasteiger partial charge in [-0.2, -0.15) is 0 Å². The van der Waals surface area contributed by atoms with Gasteiger partial charge in [-0.05, 0) is 61.4 Å². The van der Waals surface area contributed by atoms with Crippen molar-refractivity contribution < 1.29 is 20.1 Å². The van der Waals surface area contributed by atoms with Gasteiger partial charge in [0.05, 0.1) is 5.56 Å². The summed E-state index contributed by atoms with van der Waals surface area (Å²) in [7, 11) is 0. The van der Waals surface area contributed by atoms with Crippen molar-refractivity contribution in [3.8, 4) is 17.2 Å². The second kappa shape index (κ2) is 5.71. The van der Waals surface area contributed by atoms with Crippen molar-refractivity contribution in [1.29, 1.82) is 0 Å². The van der Waals surface area contributed by atoms with E-state index >= 15 is 0 Å². The molecule has 0 saturated carbocycles. The van der Waals surface area contributed by atoms with Crippen LogP contribution in [0.25, 0.3) is 6.08 Å². The maximum atomic E-state index is 12.1. The standard InChI is InChI=1S/C17H16O4/c1-10-7-14(17(21)8-11(10)2)15(19)6-4-12-3-5-13(18)9-16(12)20/h3-9,18,20-21H,1-2H3/b6-4+. The van der Waals surface area contributed by atoms with Crippen LogP contribution < -0.4 is 0 Å². The molecular formula is C17H16O4. The Bertz CT molecular complexity index is 730. The van der Waals surface area contributed by atoms with Gasteiger partial charge in [-0.1, -0.05) is 0 Å². The molecule has 2 aromatic rings. The molecule has 0 aliphatic heterocycles. The third-order valence-corrected chi connectivity index (χ3v) is 3.31. The number of ketones is 1. The van der Waals surface area contributed by atoms with Gasteiger partial charge in [0.1, 0.15) is 17.2 Å². The molecule has 0 unspecified atom stereocenters. The van der Waals surface area contributed by atoms with Crippen molar-refractivity contribution in [2.24, 2.45) is 0 Å². The van der Waals surface area contributed by atoms with Gasteiger partial charge in [-0.15, -0.1) is 0 Å². The molecule has 0 heterocycles. The number of carbonyl (C=O) groups excluding carboxylic acids is 1. The van der Waals surface area contributed by atoms with E-state index in [0.29, 0.717) is 5.56 Å². The quantitative estimate of drug-likeness (QED) is 0.597. The van der Waals surface area contributed by atoms with E-state index < -0.39 is 0 Å². The summed E-state index contributed by atoms with van der Waals surface area (Å²) in [4.78, 5) is 12.1. The zero-order valence-corrected chi connectivity index (χ0v) is 11.8. The van der Waals surface area contributed by atoms with Crippen LogP contribution in [0.3, 0.4) is 0 Å². The lowest BCUT2D eigenvalue weighted by molar-refractivity contribution is 0.104. The van der Waals surface area contributed by atoms with Crippen molar-refractivity contribution in [2.45, 2.75) is 13.8 Å². The average molecular weight is 284 g/mol. The molecule has 4 heteroatoms. The van der Waals surface area contributed by atoms with Crippen LogP contribution in [-0.4, -0.2) is 21.1 Å². The summed E-state index contributed by atoms with van der Waals surface area (Å²) in [5, 5.41) is 28.7. The third kappa shape index (κ3) is 3.23. The molecule has 2 rings (SSSR count). The number of allylic oxidation sites excluding steroid dienone is 1. The zero-order chi connectivity index (χ0) is 15.6. The minimum absolute atomic E-state index is 0.0530. The molecule has 3 N–H and O–H groups in total. The molecule has 4 nitrogen and oxygen atoms in total. The van der Waals surface area contributed by atoms with E-state index in [1.807, 2.05) is 13.8 Å². The summed E-state index contributed by atoms with van der Waals surface area (Å²) >= 11 is 0. The van der Waals surface area contributed by atoms with Crippen LogP contribution in [-0.2, 0) is 0 Å². The maximum absolute atomic E-state index is 12.1. The van der Waals surface area contributed by atoms with Crippen LogP contribution in [0, 0.1) is 13.8 Å². The summed E-state index contributed by atoms with van der Waals surface area (Å²) in [6.45, 7) is 3.72. The van der Waals surface area contributed by atoms with Crippen LogP contribution in [0.5, 0.6) is 17.2 Å². The number of rotatable bonds is 3. The summed E-state index contributed by atoms with van der Waals surface area (Å²) in [6.07, 6.45) is 2.71. The minimum atomic E-state index is -0.358. The second-order valence-electron chi connectivity index (χ2n) is 4.89. The van der Waals surface area contributed by atoms with Crippen molar-refractivity contribution >= 4 is 11.9 Å². The smallest absolute Gasteiger partial charge is 0.189 e. The SMILES string of the molecule is Cc1cc(O)c(C(=O)/C=C/c2ccc(O)cc2O)cc1C. The largest absolute Gasteiger partial charge is 0.508 e. The van der Waals surface area contributed by atoms with Gasteiger partial charge in [0, 0.05) is 11.6 Å². The predicted octanol–water partition coefficient (Wildman–Crippen LogP) is 3.32. The molecule has 2 aromatic carbocycles. The summed E-state index contributed by atoms with van der Waals surface area (Å²) in [6, 6.07) is 7.28. The lowest BCUT2D eigenvalue weighted by Crippen LogP contribution is -1.97. The molecule has 0 aliphatic carbocycles. The number of hydrogen-bond acceptors (Lipinski definition) is 4. The highest BCUT2D eigenvalue weighted by Crippen LogP contribution is 2.25. The Morgan fingerprint density at radius 1 is 0.952 bits per heavy atom. The molecule has 0 fully saturated rings. The van der Waals surface area contributed by atoms with Crippen molar-refractivity contribution in [1.82, 2.24) is 0 Å². The average Bonchev–Trinajstić information content (AvgIpc) is 2.41. The Morgan fingerprint density at radius 3 is 2.29 bits per heavy atom. The van der Waals surface area contributed by atoms with Crippen LogP contribution in [0.15, 0.2) is 36.4 Å². The Morgan fingerprint density at radius 2 is 1.62 bits per heavy atom. The monoisotopic (exact) mass is 284 g/mol. The van der Waals surface area contributed by atoms with Crippen LogP contribution in [0.2, 0.25) is 0 Å². The highest BCUT2D eigenvalue weighted by molar-refractivity contribution is 6.08. The Labute approximate surface area is 122 Å². The zero-order valence-electron chi connectivity index (χ0n) is 11.8. The molecule has 0 saturated heterocycles. The van der Waals surface area contributed by atoms with Gasteiger partial charge in [0.15, 0.2) is 5.78 Å². The molecule has 108 valence electrons. The highest BCUT2D eigenvalue weighted by atomic mass is 16.3. The normalized spacial score (nSPS) is 11.0. The van der Waals surface area contributed by atoms with E-state index in [0.717, 1.165) is 11.1 Å². The van der Waals surface area contributed by atoms with Crippen molar-refractivity contribution in [3.63, 3.8) is 0 Å². The first-order valence-electron chi connectivity index (χ1n) is 6.43. The number of phenols is 3. The number of carbonyl (C=O) groups is 1. The fraction of sp³-hybridized carbons (Fsp3) is 0.118. The number of aryl methyl sites for hydroxylation is 2. The fourth-order valence-electron chi connectivity index (χ4n) is 1.93. The number of benzene rings is 2. The molecular weight excluding hydrogens is 268 g/mol. The molecule has 0 radical (unpaired) electrons. The molecule has 21 heavy (non-hydrogen) atoms. The topological polar surface area (TPSA) is 77.8 Å². The first kappa shape index (κ1) is 14.7. The lowest BCUT2D eigenvalue weighted by Gasteiger charge is -2.05. The molecule has 0 aliphatic rings. The van der Waals surface area contributed by atoms with Crippen molar-refractivity contribution in [3.05, 3.63) is 58.7 Å². The number of hydrogen-bond donors (Lipinski definition) is 3. The van der Waals surface area contributed by atoms with Crippen LogP contribution >= 0.6 is 0 Å². The van der Waals surface area contributed by atoms with E-state index in [1.165, 1.54) is 30.4 Å². The number of aromatic hydroxyl groups is 3. The minimum Gasteiger partial charge on any atom is -0.508 e. The molecule has 0 bridgehead atoms. The van der Waals surface area contributed by atoms with Gasteiger partial charge in [0.2, 0.25) is 0 Å². The van der Waals surface area contributed by atoms with Gasteiger partial charge in [-0.25, -0.2) is 0 Å². The Balaban J connectivity index is 2.29. The Hall–Kier alpha value is -2.75. The van der Waals surface area contributed by atoms with E-state index in [-0.39, 0.29) is 28.6 Å². The molecule has 0 amide bonds. The second-order valence-corrected chi connectivity index (χ2v) is 4.89. The van der Waals surface area contributed by atoms with E-state index in [2.05, 4.69) is 0 Å². The third-order valence-electron chi connectivity index (χ3n) is 3.31.